The standard InChI is InChI=1S/C18H28O6/c1-11(2)8-7-9-18(19)13(12-10-20-16(3,4)22-12)21-15-14(18)23-17(5,6)24-15/h11-15,19H,8,10H2,1-6H3/t12-,13-,14+,15-,18-/m1/s1. The van der Waals surface area contributed by atoms with Gasteiger partial charge in [0, 0.05) is 6.42 Å². The van der Waals surface area contributed by atoms with E-state index in [4.69, 9.17) is 23.7 Å². The van der Waals surface area contributed by atoms with E-state index >= 15 is 0 Å². The van der Waals surface area contributed by atoms with Crippen LogP contribution in [0.25, 0.3) is 0 Å². The highest BCUT2D eigenvalue weighted by molar-refractivity contribution is 5.26. The molecule has 24 heavy (non-hydrogen) atoms. The van der Waals surface area contributed by atoms with Gasteiger partial charge in [-0.25, -0.2) is 0 Å². The topological polar surface area (TPSA) is 66.4 Å². The molecule has 1 N–H and O–H groups in total. The van der Waals surface area contributed by atoms with E-state index in [1.165, 1.54) is 0 Å². The summed E-state index contributed by atoms with van der Waals surface area (Å²) in [5, 5.41) is 11.4. The Bertz CT molecular complexity index is 545. The van der Waals surface area contributed by atoms with Crippen LogP contribution in [-0.2, 0) is 23.7 Å². The van der Waals surface area contributed by atoms with Crippen LogP contribution in [0.5, 0.6) is 0 Å². The molecule has 0 amide bonds. The molecule has 5 atom stereocenters. The fourth-order valence-corrected chi connectivity index (χ4v) is 3.31. The second kappa shape index (κ2) is 5.94. The largest absolute Gasteiger partial charge is 0.372 e. The zero-order chi connectivity index (χ0) is 17.8. The second-order valence-corrected chi connectivity index (χ2v) is 8.07. The van der Waals surface area contributed by atoms with Gasteiger partial charge >= 0.3 is 0 Å². The summed E-state index contributed by atoms with van der Waals surface area (Å²) in [7, 11) is 0. The van der Waals surface area contributed by atoms with Gasteiger partial charge in [0.05, 0.1) is 6.61 Å². The molecular weight excluding hydrogens is 312 g/mol. The minimum Gasteiger partial charge on any atom is -0.372 e. The summed E-state index contributed by atoms with van der Waals surface area (Å²) in [5.41, 5.74) is -1.50. The lowest BCUT2D eigenvalue weighted by molar-refractivity contribution is -0.240. The average molecular weight is 340 g/mol. The number of fused-ring (bicyclic) bond motifs is 1. The molecule has 136 valence electrons. The molecule has 6 heteroatoms. The van der Waals surface area contributed by atoms with E-state index in [2.05, 4.69) is 25.7 Å². The SMILES string of the molecule is CC(C)CC#C[C@@]1(O)[C@@H]([C@H]2COC(C)(C)O2)O[C@@H]2OC(C)(C)O[C@@H]21. The Labute approximate surface area is 143 Å². The van der Waals surface area contributed by atoms with Crippen molar-refractivity contribution in [2.75, 3.05) is 6.61 Å². The lowest BCUT2D eigenvalue weighted by atomic mass is 9.89. The Kier molecular flexibility index (Phi) is 4.49. The number of ether oxygens (including phenoxy) is 5. The van der Waals surface area contributed by atoms with Crippen LogP contribution in [-0.4, -0.2) is 53.5 Å². The summed E-state index contributed by atoms with van der Waals surface area (Å²) in [6.07, 6.45) is -1.78. The predicted octanol–water partition coefficient (Wildman–Crippen LogP) is 1.79. The van der Waals surface area contributed by atoms with Crippen LogP contribution >= 0.6 is 0 Å². The monoisotopic (exact) mass is 340 g/mol. The van der Waals surface area contributed by atoms with Crippen LogP contribution in [0.15, 0.2) is 0 Å². The van der Waals surface area contributed by atoms with Gasteiger partial charge in [0.25, 0.3) is 0 Å². The molecule has 0 unspecified atom stereocenters. The van der Waals surface area contributed by atoms with E-state index in [0.717, 1.165) is 0 Å². The number of hydrogen-bond donors (Lipinski definition) is 1. The molecule has 3 aliphatic rings. The lowest BCUT2D eigenvalue weighted by Crippen LogP contribution is -2.53. The minimum atomic E-state index is -1.50. The van der Waals surface area contributed by atoms with Gasteiger partial charge in [-0.2, -0.15) is 0 Å². The summed E-state index contributed by atoms with van der Waals surface area (Å²) in [6, 6.07) is 0. The van der Waals surface area contributed by atoms with E-state index < -0.39 is 41.8 Å². The summed E-state index contributed by atoms with van der Waals surface area (Å²) in [5.74, 6) is 4.95. The number of hydrogen-bond acceptors (Lipinski definition) is 6. The number of aliphatic hydroxyl groups is 1. The van der Waals surface area contributed by atoms with Gasteiger partial charge in [0.1, 0.15) is 12.2 Å². The first-order valence-corrected chi connectivity index (χ1v) is 8.58. The Morgan fingerprint density at radius 3 is 2.33 bits per heavy atom. The summed E-state index contributed by atoms with van der Waals surface area (Å²) >= 11 is 0. The average Bonchev–Trinajstić information content (AvgIpc) is 3.01. The van der Waals surface area contributed by atoms with E-state index in [9.17, 15) is 5.11 Å². The Hall–Kier alpha value is -0.680. The minimum absolute atomic E-state index is 0.328. The van der Waals surface area contributed by atoms with Gasteiger partial charge in [-0.1, -0.05) is 25.7 Å². The van der Waals surface area contributed by atoms with Crippen molar-refractivity contribution in [3.63, 3.8) is 0 Å². The van der Waals surface area contributed by atoms with Crippen molar-refractivity contribution >= 4 is 0 Å². The van der Waals surface area contributed by atoms with Crippen molar-refractivity contribution in [2.45, 2.75) is 89.7 Å². The molecular formula is C18H28O6. The first-order chi connectivity index (χ1) is 11.0. The first-order valence-electron chi connectivity index (χ1n) is 8.58. The summed E-state index contributed by atoms with van der Waals surface area (Å²) < 4.78 is 29.1. The zero-order valence-corrected chi connectivity index (χ0v) is 15.3. The van der Waals surface area contributed by atoms with E-state index in [1.807, 2.05) is 13.8 Å². The molecule has 3 heterocycles. The quantitative estimate of drug-likeness (QED) is 0.773. The van der Waals surface area contributed by atoms with Gasteiger partial charge in [-0.05, 0) is 33.6 Å². The zero-order valence-electron chi connectivity index (χ0n) is 15.3. The molecule has 3 fully saturated rings. The van der Waals surface area contributed by atoms with Gasteiger partial charge in [-0.3, -0.25) is 0 Å². The highest BCUT2D eigenvalue weighted by Gasteiger charge is 2.65. The number of rotatable bonds is 2. The maximum atomic E-state index is 11.4. The van der Waals surface area contributed by atoms with Crippen LogP contribution in [0, 0.1) is 17.8 Å². The van der Waals surface area contributed by atoms with Crippen LogP contribution in [0.1, 0.15) is 48.0 Å². The predicted molar refractivity (Wildman–Crippen MR) is 85.8 cm³/mol. The van der Waals surface area contributed by atoms with Crippen LogP contribution < -0.4 is 0 Å². The highest BCUT2D eigenvalue weighted by Crippen LogP contribution is 2.45. The highest BCUT2D eigenvalue weighted by atomic mass is 16.8. The fraction of sp³-hybridized carbons (Fsp3) is 0.889. The maximum absolute atomic E-state index is 11.4. The summed E-state index contributed by atoms with van der Waals surface area (Å²) in [4.78, 5) is 0. The van der Waals surface area contributed by atoms with E-state index in [0.29, 0.717) is 18.9 Å². The van der Waals surface area contributed by atoms with Crippen LogP contribution in [0.2, 0.25) is 0 Å². The normalized spacial score (nSPS) is 42.8. The molecule has 0 radical (unpaired) electrons. The van der Waals surface area contributed by atoms with Crippen molar-refractivity contribution in [1.82, 2.24) is 0 Å². The molecule has 0 aromatic heterocycles. The molecule has 0 aromatic carbocycles. The fourth-order valence-electron chi connectivity index (χ4n) is 3.31. The third kappa shape index (κ3) is 3.34. The summed E-state index contributed by atoms with van der Waals surface area (Å²) in [6.45, 7) is 11.8. The van der Waals surface area contributed by atoms with Gasteiger partial charge in [0.15, 0.2) is 29.6 Å². The van der Waals surface area contributed by atoms with Crippen LogP contribution in [0.3, 0.4) is 0 Å². The Balaban J connectivity index is 1.86. The Morgan fingerprint density at radius 2 is 1.75 bits per heavy atom. The third-order valence-corrected chi connectivity index (χ3v) is 4.37. The molecule has 3 rings (SSSR count). The molecule has 3 aliphatic heterocycles. The maximum Gasteiger partial charge on any atom is 0.191 e. The Morgan fingerprint density at radius 1 is 1.04 bits per heavy atom. The van der Waals surface area contributed by atoms with Gasteiger partial charge in [-0.15, -0.1) is 0 Å². The second-order valence-electron chi connectivity index (χ2n) is 8.07. The van der Waals surface area contributed by atoms with Crippen molar-refractivity contribution in [3.8, 4) is 11.8 Å². The van der Waals surface area contributed by atoms with Crippen molar-refractivity contribution in [3.05, 3.63) is 0 Å². The molecule has 0 spiro atoms. The molecule has 6 nitrogen and oxygen atoms in total. The first kappa shape index (κ1) is 18.1. The van der Waals surface area contributed by atoms with Crippen molar-refractivity contribution in [2.24, 2.45) is 5.92 Å². The smallest absolute Gasteiger partial charge is 0.191 e. The molecule has 0 bridgehead atoms. The van der Waals surface area contributed by atoms with Crippen molar-refractivity contribution in [1.29, 1.82) is 0 Å². The van der Waals surface area contributed by atoms with Gasteiger partial charge < -0.3 is 28.8 Å². The third-order valence-electron chi connectivity index (χ3n) is 4.37. The molecule has 3 saturated heterocycles. The molecule has 0 aliphatic carbocycles. The van der Waals surface area contributed by atoms with E-state index in [-0.39, 0.29) is 0 Å². The molecule has 0 aromatic rings. The van der Waals surface area contributed by atoms with Crippen molar-refractivity contribution < 1.29 is 28.8 Å². The molecule has 0 saturated carbocycles. The van der Waals surface area contributed by atoms with E-state index in [1.54, 1.807) is 13.8 Å². The lowest BCUT2D eigenvalue weighted by Gasteiger charge is -2.32. The van der Waals surface area contributed by atoms with Gasteiger partial charge in [0.2, 0.25) is 0 Å². The van der Waals surface area contributed by atoms with Crippen LogP contribution in [0.4, 0.5) is 0 Å².